The van der Waals surface area contributed by atoms with Gasteiger partial charge in [-0.25, -0.2) is 13.8 Å². The molecule has 1 saturated heterocycles. The topological polar surface area (TPSA) is 137 Å². The molecule has 7 rings (SSSR count). The van der Waals surface area contributed by atoms with Crippen LogP contribution in [0.15, 0.2) is 42.5 Å². The zero-order valence-corrected chi connectivity index (χ0v) is 33.9. The number of hydrogen-bond donors (Lipinski definition) is 3. The SMILES string of the molecule is CCO.CCn1nc(C(F)(F)F)c2c1C(F)(F)C[C@@H]2C.COc1nn(C)c2c(-c3ccc(C#CC4(O)CCOC4)nc3C(Cc3cc(F)cc(F)c3)NC=O)ccc(Cl)c12. The maximum atomic E-state index is 14.0. The van der Waals surface area contributed by atoms with Crippen LogP contribution in [0.1, 0.15) is 79.5 Å². The number of fused-ring (bicyclic) bond motifs is 2. The van der Waals surface area contributed by atoms with Crippen LogP contribution in [0.2, 0.25) is 5.02 Å². The van der Waals surface area contributed by atoms with Crippen LogP contribution in [0, 0.1) is 23.5 Å². The summed E-state index contributed by atoms with van der Waals surface area (Å²) in [6.07, 6.45) is -4.35. The normalized spacial score (nSPS) is 18.4. The fraction of sp³-hybridized carbons (Fsp3) is 0.415. The first-order valence-corrected chi connectivity index (χ1v) is 19.0. The van der Waals surface area contributed by atoms with E-state index in [1.54, 1.807) is 42.9 Å². The number of rotatable bonds is 8. The number of alkyl halides is 5. The van der Waals surface area contributed by atoms with Crippen molar-refractivity contribution in [1.82, 2.24) is 29.9 Å². The highest BCUT2D eigenvalue weighted by atomic mass is 35.5. The predicted molar refractivity (Wildman–Crippen MR) is 207 cm³/mol. The van der Waals surface area contributed by atoms with Crippen molar-refractivity contribution in [3.8, 4) is 28.8 Å². The number of halogens is 8. The number of benzene rings is 2. The minimum atomic E-state index is -4.68. The molecule has 1 amide bonds. The summed E-state index contributed by atoms with van der Waals surface area (Å²) < 4.78 is 106. The summed E-state index contributed by atoms with van der Waals surface area (Å²) in [5, 5.41) is 29.6. The van der Waals surface area contributed by atoms with Crippen LogP contribution in [0.25, 0.3) is 22.0 Å². The number of methoxy groups -OCH3 is 1. The molecule has 5 aromatic rings. The highest BCUT2D eigenvalue weighted by molar-refractivity contribution is 6.36. The van der Waals surface area contributed by atoms with Crippen molar-refractivity contribution in [2.24, 2.45) is 7.05 Å². The Kier molecular flexibility index (Phi) is 14.2. The minimum Gasteiger partial charge on any atom is -0.479 e. The quantitative estimate of drug-likeness (QED) is 0.0824. The van der Waals surface area contributed by atoms with Crippen LogP contribution >= 0.6 is 11.6 Å². The summed E-state index contributed by atoms with van der Waals surface area (Å²) in [6.45, 7) is 5.29. The summed E-state index contributed by atoms with van der Waals surface area (Å²) in [5.74, 6) is 0.570. The maximum absolute atomic E-state index is 14.0. The third-order valence-electron chi connectivity index (χ3n) is 9.66. The van der Waals surface area contributed by atoms with Crippen molar-refractivity contribution in [2.45, 2.75) is 76.2 Å². The molecule has 11 nitrogen and oxygen atoms in total. The second-order valence-corrected chi connectivity index (χ2v) is 14.4. The molecule has 60 heavy (non-hydrogen) atoms. The Bertz CT molecular complexity index is 2380. The number of amides is 1. The zero-order chi connectivity index (χ0) is 44.2. The van der Waals surface area contributed by atoms with Gasteiger partial charge in [-0.2, -0.15) is 27.1 Å². The molecule has 0 spiro atoms. The van der Waals surface area contributed by atoms with Crippen LogP contribution in [-0.2, 0) is 41.6 Å². The molecule has 3 atom stereocenters. The van der Waals surface area contributed by atoms with E-state index in [9.17, 15) is 40.6 Å². The number of ether oxygens (including phenoxy) is 2. The van der Waals surface area contributed by atoms with Crippen LogP contribution in [0.4, 0.5) is 30.7 Å². The van der Waals surface area contributed by atoms with E-state index < -0.39 is 59.1 Å². The van der Waals surface area contributed by atoms with Gasteiger partial charge < -0.3 is 25.0 Å². The number of aliphatic hydroxyl groups excluding tert-OH is 1. The molecule has 1 aliphatic carbocycles. The van der Waals surface area contributed by atoms with E-state index in [4.69, 9.17) is 31.2 Å². The summed E-state index contributed by atoms with van der Waals surface area (Å²) in [7, 11) is 3.25. The standard InChI is InChI=1S/C29H25ClF2N4O4.C10H11F5N2.C2H6O/c1-36-27-22(5-6-23(30)25(27)28(35-36)39-2)21-4-3-20(7-8-29(38)9-10-40-15-29)34-26(21)24(33-16-37)13-17-11-18(31)14-19(32)12-17;1-3-17-8-6(5(2)4-9(8,11)12)7(16-17)10(13,14)15;1-2-3/h3-6,11-12,14,16,24,38H,9-10,13,15H2,1-2H3,(H,33,37);5H,3-4H2,1-2H3;3H,2H2,1H3/t;5-;/m.0./s1. The lowest BCUT2D eigenvalue weighted by atomic mass is 9.94. The van der Waals surface area contributed by atoms with Gasteiger partial charge in [0.05, 0.1) is 48.0 Å². The molecule has 2 unspecified atom stereocenters. The van der Waals surface area contributed by atoms with E-state index in [2.05, 4.69) is 27.4 Å². The number of aryl methyl sites for hydroxylation is 2. The molecule has 0 radical (unpaired) electrons. The van der Waals surface area contributed by atoms with Crippen molar-refractivity contribution in [3.05, 3.63) is 93.0 Å². The number of hydrogen-bond acceptors (Lipinski definition) is 8. The number of pyridine rings is 1. The Morgan fingerprint density at radius 1 is 1.12 bits per heavy atom. The van der Waals surface area contributed by atoms with E-state index in [1.165, 1.54) is 33.1 Å². The van der Waals surface area contributed by atoms with Gasteiger partial charge in [0.15, 0.2) is 11.3 Å². The number of aliphatic hydroxyl groups is 2. The number of aromatic nitrogens is 5. The highest BCUT2D eigenvalue weighted by Gasteiger charge is 2.52. The first-order chi connectivity index (χ1) is 28.3. The molecular weight excluding hydrogens is 825 g/mol. The fourth-order valence-electron chi connectivity index (χ4n) is 7.20. The van der Waals surface area contributed by atoms with Crippen molar-refractivity contribution < 1.29 is 55.2 Å². The third-order valence-corrected chi connectivity index (χ3v) is 9.97. The molecule has 1 fully saturated rings. The molecule has 0 saturated carbocycles. The Balaban J connectivity index is 0.000000283. The summed E-state index contributed by atoms with van der Waals surface area (Å²) in [4.78, 5) is 16.5. The second-order valence-electron chi connectivity index (χ2n) is 14.0. The van der Waals surface area contributed by atoms with Gasteiger partial charge in [0.1, 0.15) is 23.0 Å². The fourth-order valence-corrected chi connectivity index (χ4v) is 7.44. The number of carbonyl (C=O) groups is 1. The van der Waals surface area contributed by atoms with Crippen molar-refractivity contribution in [1.29, 1.82) is 0 Å². The average Bonchev–Trinajstić information content (AvgIpc) is 3.94. The van der Waals surface area contributed by atoms with E-state index in [0.717, 1.165) is 10.7 Å². The molecule has 3 aromatic heterocycles. The van der Waals surface area contributed by atoms with Crippen molar-refractivity contribution in [3.63, 3.8) is 0 Å². The summed E-state index contributed by atoms with van der Waals surface area (Å²) in [6, 6.07) is 9.38. The average molecular weight is 867 g/mol. The van der Waals surface area contributed by atoms with Gasteiger partial charge in [-0.15, -0.1) is 5.10 Å². The monoisotopic (exact) mass is 866 g/mol. The summed E-state index contributed by atoms with van der Waals surface area (Å²) in [5.41, 5.74) is -0.372. The number of nitrogens with zero attached hydrogens (tertiary/aromatic N) is 5. The first kappa shape index (κ1) is 45.9. The summed E-state index contributed by atoms with van der Waals surface area (Å²) >= 11 is 6.51. The largest absolute Gasteiger partial charge is 0.479 e. The lowest BCUT2D eigenvalue weighted by molar-refractivity contribution is -0.142. The van der Waals surface area contributed by atoms with Gasteiger partial charge in [0, 0.05) is 55.8 Å². The Morgan fingerprint density at radius 3 is 2.37 bits per heavy atom. The first-order valence-electron chi connectivity index (χ1n) is 18.7. The van der Waals surface area contributed by atoms with Gasteiger partial charge in [-0.05, 0) is 68.0 Å². The van der Waals surface area contributed by atoms with E-state index >= 15 is 0 Å². The van der Waals surface area contributed by atoms with Crippen LogP contribution in [0.3, 0.4) is 0 Å². The predicted octanol–water partition coefficient (Wildman–Crippen LogP) is 7.63. The lowest BCUT2D eigenvalue weighted by Gasteiger charge is -2.21. The van der Waals surface area contributed by atoms with E-state index in [-0.39, 0.29) is 31.7 Å². The van der Waals surface area contributed by atoms with Gasteiger partial charge in [-0.3, -0.25) is 14.2 Å². The second kappa shape index (κ2) is 18.6. The Labute approximate surface area is 345 Å². The van der Waals surface area contributed by atoms with Gasteiger partial charge >= 0.3 is 6.18 Å². The highest BCUT2D eigenvalue weighted by Crippen LogP contribution is 2.52. The van der Waals surface area contributed by atoms with Crippen molar-refractivity contribution >= 4 is 28.9 Å². The zero-order valence-electron chi connectivity index (χ0n) is 33.1. The van der Waals surface area contributed by atoms with Crippen LogP contribution < -0.4 is 10.1 Å². The van der Waals surface area contributed by atoms with Crippen LogP contribution in [0.5, 0.6) is 5.88 Å². The Hall–Kier alpha value is -5.22. The molecule has 19 heteroatoms. The molecular formula is C41H42ClF7N6O5. The molecule has 2 aliphatic rings. The number of nitrogens with one attached hydrogen (secondary N) is 1. The van der Waals surface area contributed by atoms with Gasteiger partial charge in [0.25, 0.3) is 5.92 Å². The molecule has 0 bridgehead atoms. The number of carbonyl (C=O) groups excluding carboxylic acids is 1. The van der Waals surface area contributed by atoms with E-state index in [1.807, 2.05) is 0 Å². The van der Waals surface area contributed by atoms with Crippen LogP contribution in [-0.4, -0.2) is 73.7 Å². The minimum absolute atomic E-state index is 0.000718. The van der Waals surface area contributed by atoms with Crippen molar-refractivity contribution in [2.75, 3.05) is 26.9 Å². The van der Waals surface area contributed by atoms with Gasteiger partial charge in [-0.1, -0.05) is 30.5 Å². The lowest BCUT2D eigenvalue weighted by Crippen LogP contribution is -2.26. The maximum Gasteiger partial charge on any atom is 0.435 e. The molecule has 322 valence electrons. The van der Waals surface area contributed by atoms with Gasteiger partial charge in [0.2, 0.25) is 12.3 Å². The third kappa shape index (κ3) is 9.86. The molecule has 4 heterocycles. The smallest absolute Gasteiger partial charge is 0.435 e. The Morgan fingerprint density at radius 2 is 1.78 bits per heavy atom. The molecule has 1 aliphatic heterocycles. The molecule has 3 N–H and O–H groups in total. The molecule has 2 aromatic carbocycles. The van der Waals surface area contributed by atoms with E-state index in [0.29, 0.717) is 69.3 Å².